The van der Waals surface area contributed by atoms with Gasteiger partial charge in [-0.1, -0.05) is 23.2 Å². The SMILES string of the molecule is CSc1cc(C(=O)N[C@H]2CCCNC2)c(Cl)cc1Cl. The van der Waals surface area contributed by atoms with E-state index in [9.17, 15) is 4.79 Å². The standard InChI is InChI=1S/C13H16Cl2N2OS/c1-19-12-5-9(10(14)6-11(12)15)13(18)17-8-3-2-4-16-7-8/h5-6,8,16H,2-4,7H2,1H3,(H,17,18)/t8-/m0/s1. The fourth-order valence-corrected chi connectivity index (χ4v) is 3.29. The Morgan fingerprint density at radius 1 is 1.42 bits per heavy atom. The van der Waals surface area contributed by atoms with Crippen molar-refractivity contribution in [1.29, 1.82) is 0 Å². The summed E-state index contributed by atoms with van der Waals surface area (Å²) in [4.78, 5) is 13.1. The predicted molar refractivity (Wildman–Crippen MR) is 81.6 cm³/mol. The molecule has 1 aliphatic rings. The molecule has 3 nitrogen and oxygen atoms in total. The fraction of sp³-hybridized carbons (Fsp3) is 0.462. The van der Waals surface area contributed by atoms with E-state index in [0.29, 0.717) is 15.6 Å². The highest BCUT2D eigenvalue weighted by atomic mass is 35.5. The highest BCUT2D eigenvalue weighted by Crippen LogP contribution is 2.31. The third-order valence-electron chi connectivity index (χ3n) is 3.12. The summed E-state index contributed by atoms with van der Waals surface area (Å²) in [6.07, 6.45) is 4.00. The molecule has 1 aromatic rings. The molecule has 1 aromatic carbocycles. The summed E-state index contributed by atoms with van der Waals surface area (Å²) < 4.78 is 0. The van der Waals surface area contributed by atoms with Gasteiger partial charge in [0, 0.05) is 17.5 Å². The molecule has 2 rings (SSSR count). The Kier molecular flexibility index (Phi) is 5.39. The summed E-state index contributed by atoms with van der Waals surface area (Å²) in [5.41, 5.74) is 0.487. The lowest BCUT2D eigenvalue weighted by molar-refractivity contribution is 0.0930. The van der Waals surface area contributed by atoms with Gasteiger partial charge in [0.2, 0.25) is 0 Å². The molecule has 19 heavy (non-hydrogen) atoms. The number of hydrogen-bond donors (Lipinski definition) is 2. The van der Waals surface area contributed by atoms with Gasteiger partial charge in [-0.3, -0.25) is 4.79 Å². The van der Waals surface area contributed by atoms with Gasteiger partial charge in [0.25, 0.3) is 5.91 Å². The molecule has 1 amide bonds. The highest BCUT2D eigenvalue weighted by Gasteiger charge is 2.19. The van der Waals surface area contributed by atoms with E-state index in [1.54, 1.807) is 12.1 Å². The molecule has 0 unspecified atom stereocenters. The molecule has 2 N–H and O–H groups in total. The molecule has 0 aliphatic carbocycles. The Balaban J connectivity index is 2.13. The van der Waals surface area contributed by atoms with Crippen LogP contribution in [0.4, 0.5) is 0 Å². The topological polar surface area (TPSA) is 41.1 Å². The number of benzene rings is 1. The molecule has 1 saturated heterocycles. The number of amides is 1. The van der Waals surface area contributed by atoms with Crippen LogP contribution in [0.25, 0.3) is 0 Å². The summed E-state index contributed by atoms with van der Waals surface area (Å²) in [5, 5.41) is 7.24. The van der Waals surface area contributed by atoms with Crippen molar-refractivity contribution in [2.75, 3.05) is 19.3 Å². The monoisotopic (exact) mass is 318 g/mol. The first-order valence-electron chi connectivity index (χ1n) is 6.16. The van der Waals surface area contributed by atoms with Crippen LogP contribution < -0.4 is 10.6 Å². The Bertz CT molecular complexity index is 476. The quantitative estimate of drug-likeness (QED) is 0.841. The lowest BCUT2D eigenvalue weighted by Gasteiger charge is -2.24. The van der Waals surface area contributed by atoms with Crippen molar-refractivity contribution in [2.45, 2.75) is 23.8 Å². The zero-order valence-corrected chi connectivity index (χ0v) is 13.0. The van der Waals surface area contributed by atoms with Crippen LogP contribution in [-0.2, 0) is 0 Å². The van der Waals surface area contributed by atoms with Gasteiger partial charge in [0.15, 0.2) is 0 Å². The molecule has 0 spiro atoms. The van der Waals surface area contributed by atoms with Crippen molar-refractivity contribution >= 4 is 40.9 Å². The fourth-order valence-electron chi connectivity index (χ4n) is 2.10. The van der Waals surface area contributed by atoms with E-state index in [0.717, 1.165) is 30.8 Å². The summed E-state index contributed by atoms with van der Waals surface area (Å²) in [5.74, 6) is -0.134. The number of carbonyl (C=O) groups is 1. The van der Waals surface area contributed by atoms with Gasteiger partial charge in [-0.25, -0.2) is 0 Å². The number of nitrogens with one attached hydrogen (secondary N) is 2. The van der Waals surface area contributed by atoms with Crippen LogP contribution >= 0.6 is 35.0 Å². The number of piperidine rings is 1. The van der Waals surface area contributed by atoms with E-state index in [1.165, 1.54) is 11.8 Å². The smallest absolute Gasteiger partial charge is 0.253 e. The highest BCUT2D eigenvalue weighted by molar-refractivity contribution is 7.98. The van der Waals surface area contributed by atoms with Gasteiger partial charge in [0.05, 0.1) is 15.6 Å². The first kappa shape index (κ1) is 15.0. The van der Waals surface area contributed by atoms with Gasteiger partial charge >= 0.3 is 0 Å². The molecule has 1 heterocycles. The largest absolute Gasteiger partial charge is 0.348 e. The number of thioether (sulfide) groups is 1. The Morgan fingerprint density at radius 3 is 2.84 bits per heavy atom. The van der Waals surface area contributed by atoms with E-state index < -0.39 is 0 Å². The molecular formula is C13H16Cl2N2OS. The minimum atomic E-state index is -0.134. The lowest BCUT2D eigenvalue weighted by Crippen LogP contribution is -2.45. The van der Waals surface area contributed by atoms with E-state index in [4.69, 9.17) is 23.2 Å². The zero-order chi connectivity index (χ0) is 13.8. The molecule has 104 valence electrons. The minimum absolute atomic E-state index is 0.134. The van der Waals surface area contributed by atoms with Gasteiger partial charge in [-0.2, -0.15) is 0 Å². The summed E-state index contributed by atoms with van der Waals surface area (Å²) in [6, 6.07) is 3.55. The Hall–Kier alpha value is -0.420. The number of halogens is 2. The van der Waals surface area contributed by atoms with Crippen molar-refractivity contribution in [2.24, 2.45) is 0 Å². The van der Waals surface area contributed by atoms with Gasteiger partial charge in [-0.05, 0) is 37.8 Å². The second kappa shape index (κ2) is 6.84. The minimum Gasteiger partial charge on any atom is -0.348 e. The van der Waals surface area contributed by atoms with E-state index in [2.05, 4.69) is 10.6 Å². The Morgan fingerprint density at radius 2 is 2.21 bits per heavy atom. The maximum atomic E-state index is 12.2. The van der Waals surface area contributed by atoms with E-state index in [-0.39, 0.29) is 11.9 Å². The zero-order valence-electron chi connectivity index (χ0n) is 10.6. The van der Waals surface area contributed by atoms with E-state index >= 15 is 0 Å². The first-order chi connectivity index (χ1) is 9.11. The van der Waals surface area contributed by atoms with Gasteiger partial charge < -0.3 is 10.6 Å². The van der Waals surface area contributed by atoms with Crippen LogP contribution in [0.1, 0.15) is 23.2 Å². The van der Waals surface area contributed by atoms with Crippen LogP contribution in [0.2, 0.25) is 10.0 Å². The van der Waals surface area contributed by atoms with Gasteiger partial charge in [0.1, 0.15) is 0 Å². The van der Waals surface area contributed by atoms with Crippen LogP contribution in [0.3, 0.4) is 0 Å². The number of hydrogen-bond acceptors (Lipinski definition) is 3. The molecule has 1 aliphatic heterocycles. The third-order valence-corrected chi connectivity index (χ3v) is 4.63. The lowest BCUT2D eigenvalue weighted by atomic mass is 10.1. The summed E-state index contributed by atoms with van der Waals surface area (Å²) >= 11 is 13.7. The molecule has 1 atom stereocenters. The number of carbonyl (C=O) groups excluding carboxylic acids is 1. The average molecular weight is 319 g/mol. The van der Waals surface area contributed by atoms with Crippen molar-refractivity contribution in [3.8, 4) is 0 Å². The van der Waals surface area contributed by atoms with Crippen molar-refractivity contribution in [3.63, 3.8) is 0 Å². The van der Waals surface area contributed by atoms with Crippen LogP contribution in [0.15, 0.2) is 17.0 Å². The predicted octanol–water partition coefficient (Wildman–Crippen LogP) is 3.20. The molecular weight excluding hydrogens is 303 g/mol. The second-order valence-corrected chi connectivity index (χ2v) is 6.15. The summed E-state index contributed by atoms with van der Waals surface area (Å²) in [6.45, 7) is 1.83. The van der Waals surface area contributed by atoms with Crippen LogP contribution in [-0.4, -0.2) is 31.3 Å². The van der Waals surface area contributed by atoms with Crippen LogP contribution in [0.5, 0.6) is 0 Å². The molecule has 0 bridgehead atoms. The van der Waals surface area contributed by atoms with Crippen LogP contribution in [0, 0.1) is 0 Å². The third kappa shape index (κ3) is 3.78. The van der Waals surface area contributed by atoms with Crippen molar-refractivity contribution in [3.05, 3.63) is 27.7 Å². The molecule has 1 fully saturated rings. The molecule has 0 saturated carbocycles. The maximum absolute atomic E-state index is 12.2. The second-order valence-electron chi connectivity index (χ2n) is 4.48. The molecule has 6 heteroatoms. The molecule has 0 aromatic heterocycles. The molecule has 0 radical (unpaired) electrons. The maximum Gasteiger partial charge on any atom is 0.253 e. The van der Waals surface area contributed by atoms with E-state index in [1.807, 2.05) is 6.26 Å². The van der Waals surface area contributed by atoms with Gasteiger partial charge in [-0.15, -0.1) is 11.8 Å². The normalized spacial score (nSPS) is 19.2. The average Bonchev–Trinajstić information content (AvgIpc) is 2.40. The summed E-state index contributed by atoms with van der Waals surface area (Å²) in [7, 11) is 0. The number of rotatable bonds is 3. The van der Waals surface area contributed by atoms with Crippen molar-refractivity contribution < 1.29 is 4.79 Å². The Labute approximate surface area is 127 Å². The van der Waals surface area contributed by atoms with Crippen molar-refractivity contribution in [1.82, 2.24) is 10.6 Å². The first-order valence-corrected chi connectivity index (χ1v) is 8.14.